The second-order valence-electron chi connectivity index (χ2n) is 5.07. The number of rotatable bonds is 3. The molecule has 0 aliphatic heterocycles. The molecule has 0 atom stereocenters. The Morgan fingerprint density at radius 3 is 2.65 bits per heavy atom. The quantitative estimate of drug-likeness (QED) is 0.646. The van der Waals surface area contributed by atoms with E-state index in [1.165, 1.54) is 0 Å². The van der Waals surface area contributed by atoms with E-state index in [0.29, 0.717) is 23.0 Å². The van der Waals surface area contributed by atoms with Crippen LogP contribution in [-0.2, 0) is 0 Å². The SMILES string of the molecule is Cc1nc(-c2ccccc2NC(=O)c2cccc(C)c2I)no1. The Bertz CT molecular complexity index is 874. The normalized spacial score (nSPS) is 10.6. The molecule has 3 aromatic rings. The maximum atomic E-state index is 12.6. The van der Waals surface area contributed by atoms with Crippen molar-refractivity contribution < 1.29 is 9.32 Å². The Hall–Kier alpha value is -2.22. The Labute approximate surface area is 147 Å². The average Bonchev–Trinajstić information content (AvgIpc) is 2.97. The Morgan fingerprint density at radius 2 is 1.91 bits per heavy atom. The molecule has 1 N–H and O–H groups in total. The van der Waals surface area contributed by atoms with E-state index in [1.807, 2.05) is 49.4 Å². The number of benzene rings is 2. The van der Waals surface area contributed by atoms with E-state index in [9.17, 15) is 4.79 Å². The smallest absolute Gasteiger partial charge is 0.256 e. The molecule has 0 unspecified atom stereocenters. The van der Waals surface area contributed by atoms with E-state index in [1.54, 1.807) is 6.92 Å². The summed E-state index contributed by atoms with van der Waals surface area (Å²) in [5, 5.41) is 6.86. The van der Waals surface area contributed by atoms with Crippen molar-refractivity contribution in [2.75, 3.05) is 5.32 Å². The number of aryl methyl sites for hydroxylation is 2. The third-order valence-electron chi connectivity index (χ3n) is 3.38. The monoisotopic (exact) mass is 419 g/mol. The Morgan fingerprint density at radius 1 is 1.13 bits per heavy atom. The molecular weight excluding hydrogens is 405 g/mol. The fourth-order valence-corrected chi connectivity index (χ4v) is 2.81. The summed E-state index contributed by atoms with van der Waals surface area (Å²) in [4.78, 5) is 16.8. The highest BCUT2D eigenvalue weighted by atomic mass is 127. The number of hydrogen-bond acceptors (Lipinski definition) is 4. The van der Waals surface area contributed by atoms with Gasteiger partial charge in [0.05, 0.1) is 11.3 Å². The summed E-state index contributed by atoms with van der Waals surface area (Å²) in [6.45, 7) is 3.71. The molecule has 0 saturated heterocycles. The van der Waals surface area contributed by atoms with E-state index in [2.05, 4.69) is 38.0 Å². The van der Waals surface area contributed by atoms with Crippen LogP contribution in [0.5, 0.6) is 0 Å². The summed E-state index contributed by atoms with van der Waals surface area (Å²) in [6.07, 6.45) is 0. The lowest BCUT2D eigenvalue weighted by Gasteiger charge is -2.10. The highest BCUT2D eigenvalue weighted by Crippen LogP contribution is 2.26. The van der Waals surface area contributed by atoms with Crippen LogP contribution in [0.2, 0.25) is 0 Å². The van der Waals surface area contributed by atoms with Crippen LogP contribution in [0.25, 0.3) is 11.4 Å². The summed E-state index contributed by atoms with van der Waals surface area (Å²) >= 11 is 2.19. The fraction of sp³-hybridized carbons (Fsp3) is 0.118. The second-order valence-corrected chi connectivity index (χ2v) is 6.15. The van der Waals surface area contributed by atoms with Gasteiger partial charge in [0.15, 0.2) is 0 Å². The number of nitrogens with zero attached hydrogens (tertiary/aromatic N) is 2. The van der Waals surface area contributed by atoms with Crippen LogP contribution in [0.3, 0.4) is 0 Å². The lowest BCUT2D eigenvalue weighted by Crippen LogP contribution is -2.14. The largest absolute Gasteiger partial charge is 0.339 e. The third kappa shape index (κ3) is 3.26. The van der Waals surface area contributed by atoms with Crippen LogP contribution in [0.4, 0.5) is 5.69 Å². The number of aromatic nitrogens is 2. The van der Waals surface area contributed by atoms with Gasteiger partial charge >= 0.3 is 0 Å². The maximum absolute atomic E-state index is 12.6. The molecule has 1 amide bonds. The van der Waals surface area contributed by atoms with Crippen LogP contribution in [0, 0.1) is 17.4 Å². The predicted octanol–water partition coefficient (Wildman–Crippen LogP) is 4.21. The van der Waals surface area contributed by atoms with Gasteiger partial charge in [-0.15, -0.1) is 0 Å². The minimum atomic E-state index is -0.161. The summed E-state index contributed by atoms with van der Waals surface area (Å²) in [5.74, 6) is 0.775. The number of para-hydroxylation sites is 1. The van der Waals surface area contributed by atoms with Gasteiger partial charge in [-0.3, -0.25) is 4.79 Å². The molecule has 0 bridgehead atoms. The van der Waals surface area contributed by atoms with Gasteiger partial charge in [-0.25, -0.2) is 0 Å². The Balaban J connectivity index is 1.95. The molecule has 0 fully saturated rings. The van der Waals surface area contributed by atoms with Crippen molar-refractivity contribution in [1.82, 2.24) is 10.1 Å². The first-order valence-corrected chi connectivity index (χ1v) is 8.10. The van der Waals surface area contributed by atoms with Gasteiger partial charge in [0, 0.05) is 16.1 Å². The topological polar surface area (TPSA) is 68.0 Å². The summed E-state index contributed by atoms with van der Waals surface area (Å²) in [6, 6.07) is 13.1. The van der Waals surface area contributed by atoms with Gasteiger partial charge in [-0.1, -0.05) is 29.4 Å². The summed E-state index contributed by atoms with van der Waals surface area (Å²) < 4.78 is 5.96. The minimum absolute atomic E-state index is 0.161. The molecule has 0 radical (unpaired) electrons. The first kappa shape index (κ1) is 15.7. The predicted molar refractivity (Wildman–Crippen MR) is 96.3 cm³/mol. The van der Waals surface area contributed by atoms with Crippen molar-refractivity contribution in [2.24, 2.45) is 0 Å². The lowest BCUT2D eigenvalue weighted by atomic mass is 10.1. The van der Waals surface area contributed by atoms with E-state index >= 15 is 0 Å². The van der Waals surface area contributed by atoms with Gasteiger partial charge in [0.25, 0.3) is 5.91 Å². The molecule has 3 rings (SSSR count). The van der Waals surface area contributed by atoms with Crippen molar-refractivity contribution >= 4 is 34.2 Å². The lowest BCUT2D eigenvalue weighted by molar-refractivity contribution is 0.102. The average molecular weight is 419 g/mol. The van der Waals surface area contributed by atoms with Crippen LogP contribution in [0.1, 0.15) is 21.8 Å². The van der Waals surface area contributed by atoms with Crippen LogP contribution in [0.15, 0.2) is 47.0 Å². The van der Waals surface area contributed by atoms with Crippen molar-refractivity contribution in [2.45, 2.75) is 13.8 Å². The van der Waals surface area contributed by atoms with Crippen molar-refractivity contribution in [1.29, 1.82) is 0 Å². The Kier molecular flexibility index (Phi) is 4.42. The maximum Gasteiger partial charge on any atom is 0.256 e. The molecule has 23 heavy (non-hydrogen) atoms. The van der Waals surface area contributed by atoms with Crippen molar-refractivity contribution in [3.05, 3.63) is 63.1 Å². The van der Waals surface area contributed by atoms with Gasteiger partial charge < -0.3 is 9.84 Å². The zero-order chi connectivity index (χ0) is 16.4. The number of carbonyl (C=O) groups excluding carboxylic acids is 1. The van der Waals surface area contributed by atoms with Crippen molar-refractivity contribution in [3.63, 3.8) is 0 Å². The standard InChI is InChI=1S/C17H14IN3O2/c1-10-6-5-8-13(15(10)18)17(22)20-14-9-4-3-7-12(14)16-19-11(2)23-21-16/h3-9H,1-2H3,(H,20,22). The number of carbonyl (C=O) groups is 1. The number of amides is 1. The molecule has 0 saturated carbocycles. The second kappa shape index (κ2) is 6.49. The first-order chi connectivity index (χ1) is 11.1. The zero-order valence-corrected chi connectivity index (χ0v) is 14.8. The van der Waals surface area contributed by atoms with Gasteiger partial charge in [-0.05, 0) is 53.3 Å². The van der Waals surface area contributed by atoms with Crippen LogP contribution < -0.4 is 5.32 Å². The third-order valence-corrected chi connectivity index (χ3v) is 4.81. The van der Waals surface area contributed by atoms with Gasteiger partial charge in [0.1, 0.15) is 0 Å². The molecule has 1 aromatic heterocycles. The van der Waals surface area contributed by atoms with E-state index in [-0.39, 0.29) is 5.91 Å². The molecule has 0 aliphatic rings. The molecular formula is C17H14IN3O2. The number of hydrogen-bond donors (Lipinski definition) is 1. The number of anilines is 1. The fourth-order valence-electron chi connectivity index (χ4n) is 2.21. The number of halogens is 1. The molecule has 2 aromatic carbocycles. The molecule has 0 aliphatic carbocycles. The molecule has 116 valence electrons. The molecule has 6 heteroatoms. The van der Waals surface area contributed by atoms with Crippen molar-refractivity contribution in [3.8, 4) is 11.4 Å². The van der Waals surface area contributed by atoms with E-state index in [4.69, 9.17) is 4.52 Å². The van der Waals surface area contributed by atoms with Crippen LogP contribution in [-0.4, -0.2) is 16.0 Å². The minimum Gasteiger partial charge on any atom is -0.339 e. The summed E-state index contributed by atoms with van der Waals surface area (Å²) in [7, 11) is 0. The molecule has 5 nitrogen and oxygen atoms in total. The molecule has 1 heterocycles. The van der Waals surface area contributed by atoms with Gasteiger partial charge in [0.2, 0.25) is 11.7 Å². The highest BCUT2D eigenvalue weighted by Gasteiger charge is 2.15. The highest BCUT2D eigenvalue weighted by molar-refractivity contribution is 14.1. The van der Waals surface area contributed by atoms with Gasteiger partial charge in [-0.2, -0.15) is 4.98 Å². The zero-order valence-electron chi connectivity index (χ0n) is 12.6. The number of nitrogens with one attached hydrogen (secondary N) is 1. The van der Waals surface area contributed by atoms with E-state index < -0.39 is 0 Å². The molecule has 0 spiro atoms. The van der Waals surface area contributed by atoms with Crippen LogP contribution >= 0.6 is 22.6 Å². The first-order valence-electron chi connectivity index (χ1n) is 7.02. The van der Waals surface area contributed by atoms with E-state index in [0.717, 1.165) is 14.7 Å². The summed E-state index contributed by atoms with van der Waals surface area (Å²) in [5.41, 5.74) is 3.08.